The summed E-state index contributed by atoms with van der Waals surface area (Å²) in [7, 11) is 0. The molecule has 0 saturated carbocycles. The van der Waals surface area contributed by atoms with Gasteiger partial charge in [0.15, 0.2) is 0 Å². The molecule has 1 heterocycles. The number of carbonyl (C=O) groups is 1. The number of thioether (sulfide) groups is 1. The minimum atomic E-state index is -0.258. The number of carbonyl (C=O) groups excluding carboxylic acids is 1. The Kier molecular flexibility index (Phi) is 6.78. The summed E-state index contributed by atoms with van der Waals surface area (Å²) in [6.45, 7) is 8.65. The summed E-state index contributed by atoms with van der Waals surface area (Å²) in [5.74, 6) is 0.315. The van der Waals surface area contributed by atoms with E-state index < -0.39 is 0 Å². The Labute approximate surface area is 186 Å². The van der Waals surface area contributed by atoms with E-state index in [1.165, 1.54) is 0 Å². The van der Waals surface area contributed by atoms with Gasteiger partial charge in [0, 0.05) is 33.1 Å². The number of phenols is 1. The molecule has 0 aliphatic rings. The molecule has 0 bridgehead atoms. The second kappa shape index (κ2) is 9.14. The molecule has 3 N–H and O–H groups in total. The van der Waals surface area contributed by atoms with Crippen LogP contribution in [0, 0.1) is 6.92 Å². The van der Waals surface area contributed by atoms with Crippen molar-refractivity contribution in [3.8, 4) is 16.2 Å². The molecule has 2 amide bonds. The van der Waals surface area contributed by atoms with Gasteiger partial charge >= 0.3 is 6.03 Å². The maximum Gasteiger partial charge on any atom is 0.319 e. The molecule has 3 rings (SSSR count). The molecule has 0 atom stereocenters. The highest BCUT2D eigenvalue weighted by atomic mass is 32.2. The molecule has 0 unspecified atom stereocenters. The van der Waals surface area contributed by atoms with Crippen LogP contribution < -0.4 is 10.6 Å². The molecule has 1 aromatic heterocycles. The monoisotopic (exact) mass is 440 g/mol. The van der Waals surface area contributed by atoms with Gasteiger partial charge in [0.25, 0.3) is 0 Å². The number of nitrogens with one attached hydrogen (secondary N) is 2. The molecule has 158 valence electrons. The maximum atomic E-state index is 12.4. The number of amides is 2. The Balaban J connectivity index is 1.81. The van der Waals surface area contributed by atoms with Crippen molar-refractivity contribution in [1.82, 2.24) is 5.32 Å². The van der Waals surface area contributed by atoms with Crippen molar-refractivity contribution in [2.24, 2.45) is 0 Å². The normalized spacial score (nSPS) is 11.4. The van der Waals surface area contributed by atoms with E-state index in [0.717, 1.165) is 37.7 Å². The summed E-state index contributed by atoms with van der Waals surface area (Å²) in [6, 6.07) is 13.5. The van der Waals surface area contributed by atoms with Gasteiger partial charge < -0.3 is 15.7 Å². The molecular formula is C24H28N2O2S2. The summed E-state index contributed by atoms with van der Waals surface area (Å²) in [5.41, 5.74) is 4.31. The van der Waals surface area contributed by atoms with Crippen LogP contribution in [0.25, 0.3) is 10.4 Å². The number of thiophene rings is 1. The summed E-state index contributed by atoms with van der Waals surface area (Å²) < 4.78 is 0. The van der Waals surface area contributed by atoms with Crippen LogP contribution in [0.5, 0.6) is 5.75 Å². The van der Waals surface area contributed by atoms with Gasteiger partial charge in [-0.25, -0.2) is 4.79 Å². The molecule has 3 aromatic rings. The molecule has 6 heteroatoms. The lowest BCUT2D eigenvalue weighted by molar-refractivity contribution is 0.251. The lowest BCUT2D eigenvalue weighted by Gasteiger charge is -2.23. The Bertz CT molecular complexity index is 1030. The maximum absolute atomic E-state index is 12.4. The van der Waals surface area contributed by atoms with Crippen molar-refractivity contribution in [2.75, 3.05) is 11.6 Å². The first-order chi connectivity index (χ1) is 14.2. The molecule has 0 aliphatic heterocycles. The average molecular weight is 441 g/mol. The quantitative estimate of drug-likeness (QED) is 0.384. The largest absolute Gasteiger partial charge is 0.507 e. The fourth-order valence-corrected chi connectivity index (χ4v) is 4.57. The van der Waals surface area contributed by atoms with Gasteiger partial charge in [-0.1, -0.05) is 20.8 Å². The third-order valence-corrected chi connectivity index (χ3v) is 6.68. The van der Waals surface area contributed by atoms with E-state index in [1.807, 2.05) is 55.0 Å². The Morgan fingerprint density at radius 2 is 1.83 bits per heavy atom. The standard InChI is InChI=1S/C24H28N2O2S2/c1-15-10-11-30-22(15)19-12-16(13-20(21(19)27)24(2,3)4)14-25-23(28)26-17-6-8-18(29-5)9-7-17/h6-13,27H,14H2,1-5H3,(H2,25,26,28). The minimum Gasteiger partial charge on any atom is -0.507 e. The lowest BCUT2D eigenvalue weighted by Crippen LogP contribution is -2.28. The number of aryl methyl sites for hydroxylation is 1. The fraction of sp³-hybridized carbons (Fsp3) is 0.292. The van der Waals surface area contributed by atoms with Crippen LogP contribution in [0.4, 0.5) is 10.5 Å². The SMILES string of the molecule is CSc1ccc(NC(=O)NCc2cc(-c3sccc3C)c(O)c(C(C)(C)C)c2)cc1. The van der Waals surface area contributed by atoms with Crippen molar-refractivity contribution in [3.05, 3.63) is 64.5 Å². The van der Waals surface area contributed by atoms with Gasteiger partial charge in [0.2, 0.25) is 0 Å². The molecule has 0 spiro atoms. The summed E-state index contributed by atoms with van der Waals surface area (Å²) in [4.78, 5) is 14.6. The zero-order chi connectivity index (χ0) is 21.9. The third-order valence-electron chi connectivity index (χ3n) is 4.89. The van der Waals surface area contributed by atoms with E-state index >= 15 is 0 Å². The molecule has 0 aliphatic carbocycles. The fourth-order valence-electron chi connectivity index (χ4n) is 3.22. The van der Waals surface area contributed by atoms with Gasteiger partial charge in [-0.05, 0) is 77.6 Å². The summed E-state index contributed by atoms with van der Waals surface area (Å²) in [6.07, 6.45) is 2.02. The van der Waals surface area contributed by atoms with E-state index in [9.17, 15) is 9.90 Å². The van der Waals surface area contributed by atoms with Crippen molar-refractivity contribution in [3.63, 3.8) is 0 Å². The van der Waals surface area contributed by atoms with Crippen molar-refractivity contribution >= 4 is 34.8 Å². The number of benzene rings is 2. The Hall–Kier alpha value is -2.44. The number of hydrogen-bond donors (Lipinski definition) is 3. The first-order valence-electron chi connectivity index (χ1n) is 9.79. The Morgan fingerprint density at radius 3 is 2.40 bits per heavy atom. The van der Waals surface area contributed by atoms with E-state index in [0.29, 0.717) is 12.3 Å². The number of hydrogen-bond acceptors (Lipinski definition) is 4. The topological polar surface area (TPSA) is 61.4 Å². The number of anilines is 1. The number of aromatic hydroxyl groups is 1. The predicted octanol–water partition coefficient (Wildman–Crippen LogP) is 6.77. The van der Waals surface area contributed by atoms with E-state index in [1.54, 1.807) is 23.1 Å². The summed E-state index contributed by atoms with van der Waals surface area (Å²) >= 11 is 3.27. The molecule has 30 heavy (non-hydrogen) atoms. The van der Waals surface area contributed by atoms with Gasteiger partial charge in [0.05, 0.1) is 0 Å². The zero-order valence-electron chi connectivity index (χ0n) is 18.0. The van der Waals surface area contributed by atoms with Gasteiger partial charge in [-0.2, -0.15) is 0 Å². The van der Waals surface area contributed by atoms with E-state index in [4.69, 9.17) is 0 Å². The number of phenolic OH excluding ortho intramolecular Hbond substituents is 1. The van der Waals surface area contributed by atoms with E-state index in [-0.39, 0.29) is 11.4 Å². The van der Waals surface area contributed by atoms with Crippen molar-refractivity contribution < 1.29 is 9.90 Å². The third kappa shape index (κ3) is 5.18. The van der Waals surface area contributed by atoms with Crippen LogP contribution in [0.1, 0.15) is 37.5 Å². The van der Waals surface area contributed by atoms with Gasteiger partial charge in [0.1, 0.15) is 5.75 Å². The van der Waals surface area contributed by atoms with E-state index in [2.05, 4.69) is 37.5 Å². The van der Waals surface area contributed by atoms with Gasteiger partial charge in [-0.15, -0.1) is 23.1 Å². The van der Waals surface area contributed by atoms with Crippen LogP contribution in [-0.2, 0) is 12.0 Å². The number of urea groups is 1. The molecule has 0 fully saturated rings. The van der Waals surface area contributed by atoms with Gasteiger partial charge in [-0.3, -0.25) is 0 Å². The first-order valence-corrected chi connectivity index (χ1v) is 11.9. The first kappa shape index (κ1) is 22.2. The Morgan fingerprint density at radius 1 is 1.13 bits per heavy atom. The van der Waals surface area contributed by atoms with Crippen LogP contribution in [0.2, 0.25) is 0 Å². The summed E-state index contributed by atoms with van der Waals surface area (Å²) in [5, 5.41) is 18.8. The second-order valence-electron chi connectivity index (χ2n) is 8.26. The highest BCUT2D eigenvalue weighted by Gasteiger charge is 2.23. The van der Waals surface area contributed by atoms with Crippen LogP contribution >= 0.6 is 23.1 Å². The van der Waals surface area contributed by atoms with Crippen LogP contribution in [-0.4, -0.2) is 17.4 Å². The molecule has 0 saturated heterocycles. The van der Waals surface area contributed by atoms with Crippen molar-refractivity contribution in [2.45, 2.75) is 44.6 Å². The number of rotatable bonds is 5. The lowest BCUT2D eigenvalue weighted by atomic mass is 9.83. The molecule has 2 aromatic carbocycles. The average Bonchev–Trinajstić information content (AvgIpc) is 3.12. The smallest absolute Gasteiger partial charge is 0.319 e. The second-order valence-corrected chi connectivity index (χ2v) is 10.1. The molecular weight excluding hydrogens is 412 g/mol. The highest BCUT2D eigenvalue weighted by molar-refractivity contribution is 7.98. The molecule has 0 radical (unpaired) electrons. The van der Waals surface area contributed by atoms with Crippen molar-refractivity contribution in [1.29, 1.82) is 0 Å². The molecule has 4 nitrogen and oxygen atoms in total. The van der Waals surface area contributed by atoms with Crippen LogP contribution in [0.3, 0.4) is 0 Å². The highest BCUT2D eigenvalue weighted by Crippen LogP contribution is 2.42. The zero-order valence-corrected chi connectivity index (χ0v) is 19.6. The predicted molar refractivity (Wildman–Crippen MR) is 129 cm³/mol. The minimum absolute atomic E-state index is 0.221. The van der Waals surface area contributed by atoms with Crippen LogP contribution in [0.15, 0.2) is 52.7 Å².